The second-order valence-electron chi connectivity index (χ2n) is 8.91. The van der Waals surface area contributed by atoms with Gasteiger partial charge in [0.2, 0.25) is 5.91 Å². The zero-order chi connectivity index (χ0) is 21.6. The summed E-state index contributed by atoms with van der Waals surface area (Å²) in [6, 6.07) is 13.4. The largest absolute Gasteiger partial charge is 0.348 e. The van der Waals surface area contributed by atoms with Crippen molar-refractivity contribution in [3.8, 4) is 0 Å². The van der Waals surface area contributed by atoms with Gasteiger partial charge in [-0.15, -0.1) is 0 Å². The van der Waals surface area contributed by atoms with Crippen LogP contribution in [0.4, 0.5) is 4.79 Å². The van der Waals surface area contributed by atoms with E-state index in [0.717, 1.165) is 40.9 Å². The van der Waals surface area contributed by atoms with E-state index in [1.165, 1.54) is 24.0 Å². The Morgan fingerprint density at radius 1 is 1.06 bits per heavy atom. The minimum atomic E-state index is -1.03. The fourth-order valence-corrected chi connectivity index (χ4v) is 5.27. The number of rotatable bonds is 4. The van der Waals surface area contributed by atoms with Crippen LogP contribution in [0.2, 0.25) is 0 Å². The van der Waals surface area contributed by atoms with Gasteiger partial charge in [-0.05, 0) is 73.3 Å². The molecule has 6 heteroatoms. The van der Waals surface area contributed by atoms with Crippen LogP contribution in [0.3, 0.4) is 0 Å². The van der Waals surface area contributed by atoms with Crippen molar-refractivity contribution >= 4 is 17.8 Å². The van der Waals surface area contributed by atoms with E-state index in [-0.39, 0.29) is 24.4 Å². The molecule has 0 aromatic heterocycles. The number of benzene rings is 2. The third kappa shape index (κ3) is 3.30. The molecule has 0 radical (unpaired) electrons. The molecule has 2 aromatic carbocycles. The minimum Gasteiger partial charge on any atom is -0.348 e. The maximum Gasteiger partial charge on any atom is 0.325 e. The van der Waals surface area contributed by atoms with E-state index >= 15 is 0 Å². The highest BCUT2D eigenvalue weighted by Crippen LogP contribution is 2.41. The molecule has 1 spiro atoms. The third-order valence-electron chi connectivity index (χ3n) is 6.97. The van der Waals surface area contributed by atoms with Crippen LogP contribution in [0.5, 0.6) is 0 Å². The topological polar surface area (TPSA) is 78.5 Å². The molecule has 1 saturated heterocycles. The Hall–Kier alpha value is -3.15. The molecule has 3 aliphatic rings. The summed E-state index contributed by atoms with van der Waals surface area (Å²) in [6.45, 7) is 1.66. The summed E-state index contributed by atoms with van der Waals surface area (Å²) >= 11 is 0. The van der Waals surface area contributed by atoms with Gasteiger partial charge >= 0.3 is 6.03 Å². The number of aryl methyl sites for hydroxylation is 3. The van der Waals surface area contributed by atoms with E-state index in [1.807, 2.05) is 31.2 Å². The molecule has 31 heavy (non-hydrogen) atoms. The average molecular weight is 418 g/mol. The summed E-state index contributed by atoms with van der Waals surface area (Å²) < 4.78 is 0. The van der Waals surface area contributed by atoms with Crippen molar-refractivity contribution in [3.05, 3.63) is 70.3 Å². The van der Waals surface area contributed by atoms with Gasteiger partial charge in [-0.3, -0.25) is 14.5 Å². The van der Waals surface area contributed by atoms with Crippen LogP contribution in [-0.2, 0) is 34.4 Å². The van der Waals surface area contributed by atoms with Gasteiger partial charge in [-0.2, -0.15) is 0 Å². The lowest BCUT2D eigenvalue weighted by Gasteiger charge is -2.23. The highest BCUT2D eigenvalue weighted by Gasteiger charge is 2.55. The van der Waals surface area contributed by atoms with E-state index < -0.39 is 11.6 Å². The molecule has 2 aromatic rings. The standard InChI is InChI=1S/C25H27N3O3/c1-16(19-11-10-17-6-2-3-8-20(17)14-19)26-22(29)15-28-23(30)25(27-24(28)31)13-12-18-7-4-5-9-21(18)25/h4-5,7,9-11,14,16H,2-3,6,8,12-13,15H2,1H3,(H,26,29)(H,27,31)/t16-,25+/m1/s1. The molecule has 2 aliphatic carbocycles. The van der Waals surface area contributed by atoms with Crippen LogP contribution in [0, 0.1) is 0 Å². The summed E-state index contributed by atoms with van der Waals surface area (Å²) in [5.74, 6) is -0.670. The fourth-order valence-electron chi connectivity index (χ4n) is 5.27. The number of carbonyl (C=O) groups excluding carboxylic acids is 3. The number of carbonyl (C=O) groups is 3. The number of amides is 4. The third-order valence-corrected chi connectivity index (χ3v) is 6.97. The number of fused-ring (bicyclic) bond motifs is 3. The lowest BCUT2D eigenvalue weighted by Crippen LogP contribution is -2.44. The predicted octanol–water partition coefficient (Wildman–Crippen LogP) is 3.14. The first-order valence-corrected chi connectivity index (χ1v) is 11.1. The highest BCUT2D eigenvalue weighted by molar-refractivity contribution is 6.09. The van der Waals surface area contributed by atoms with Crippen molar-refractivity contribution < 1.29 is 14.4 Å². The molecule has 0 unspecified atom stereocenters. The first-order valence-electron chi connectivity index (χ1n) is 11.1. The number of hydrogen-bond donors (Lipinski definition) is 2. The molecule has 1 fully saturated rings. The number of imide groups is 1. The summed E-state index contributed by atoms with van der Waals surface area (Å²) in [4.78, 5) is 39.6. The quantitative estimate of drug-likeness (QED) is 0.751. The van der Waals surface area contributed by atoms with Crippen molar-refractivity contribution in [1.82, 2.24) is 15.5 Å². The number of nitrogens with zero attached hydrogens (tertiary/aromatic N) is 1. The second kappa shape index (κ2) is 7.52. The van der Waals surface area contributed by atoms with Gasteiger partial charge in [0.1, 0.15) is 12.1 Å². The van der Waals surface area contributed by atoms with Crippen LogP contribution in [0.1, 0.15) is 60.0 Å². The Morgan fingerprint density at radius 3 is 2.68 bits per heavy atom. The van der Waals surface area contributed by atoms with Crippen LogP contribution in [0.25, 0.3) is 0 Å². The van der Waals surface area contributed by atoms with Gasteiger partial charge in [0.05, 0.1) is 6.04 Å². The number of hydrogen-bond acceptors (Lipinski definition) is 3. The first kappa shape index (κ1) is 19.8. The predicted molar refractivity (Wildman–Crippen MR) is 116 cm³/mol. The summed E-state index contributed by atoms with van der Waals surface area (Å²) in [5, 5.41) is 5.82. The summed E-state index contributed by atoms with van der Waals surface area (Å²) in [7, 11) is 0. The van der Waals surface area contributed by atoms with Crippen molar-refractivity contribution in [1.29, 1.82) is 0 Å². The maximum absolute atomic E-state index is 13.2. The Morgan fingerprint density at radius 2 is 1.84 bits per heavy atom. The SMILES string of the molecule is C[C@@H](NC(=O)CN1C(=O)N[C@]2(CCc3ccccc32)C1=O)c1ccc2c(c1)CCCC2. The zero-order valence-corrected chi connectivity index (χ0v) is 17.7. The molecule has 160 valence electrons. The van der Waals surface area contributed by atoms with Crippen LogP contribution in [0.15, 0.2) is 42.5 Å². The van der Waals surface area contributed by atoms with E-state index in [1.54, 1.807) is 0 Å². The summed E-state index contributed by atoms with van der Waals surface area (Å²) in [5.41, 5.74) is 4.70. The molecule has 2 N–H and O–H groups in total. The molecule has 0 saturated carbocycles. The van der Waals surface area contributed by atoms with Crippen LogP contribution >= 0.6 is 0 Å². The van der Waals surface area contributed by atoms with Crippen LogP contribution < -0.4 is 10.6 Å². The van der Waals surface area contributed by atoms with Crippen LogP contribution in [-0.4, -0.2) is 29.3 Å². The molecule has 1 aliphatic heterocycles. The molecule has 1 heterocycles. The number of urea groups is 1. The second-order valence-corrected chi connectivity index (χ2v) is 8.91. The molecule has 5 rings (SSSR count). The van der Waals surface area contributed by atoms with Crippen molar-refractivity contribution in [3.63, 3.8) is 0 Å². The summed E-state index contributed by atoms with van der Waals surface area (Å²) in [6.07, 6.45) is 5.90. The van der Waals surface area contributed by atoms with Gasteiger partial charge in [0, 0.05) is 0 Å². The molecule has 6 nitrogen and oxygen atoms in total. The van der Waals surface area contributed by atoms with E-state index in [2.05, 4.69) is 28.8 Å². The van der Waals surface area contributed by atoms with Gasteiger partial charge in [-0.1, -0.05) is 42.5 Å². The lowest BCUT2D eigenvalue weighted by atomic mass is 9.89. The highest BCUT2D eigenvalue weighted by atomic mass is 16.2. The maximum atomic E-state index is 13.2. The van der Waals surface area contributed by atoms with E-state index in [4.69, 9.17) is 0 Å². The number of nitrogens with one attached hydrogen (secondary N) is 2. The monoisotopic (exact) mass is 417 g/mol. The van der Waals surface area contributed by atoms with Gasteiger partial charge < -0.3 is 10.6 Å². The van der Waals surface area contributed by atoms with Gasteiger partial charge in [0.15, 0.2) is 0 Å². The minimum absolute atomic E-state index is 0.193. The van der Waals surface area contributed by atoms with Crippen molar-refractivity contribution in [2.24, 2.45) is 0 Å². The lowest BCUT2D eigenvalue weighted by molar-refractivity contribution is -0.135. The Labute approximate surface area is 182 Å². The van der Waals surface area contributed by atoms with Crippen molar-refractivity contribution in [2.75, 3.05) is 6.54 Å². The Bertz CT molecular complexity index is 1080. The molecule has 0 bridgehead atoms. The molecule has 2 atom stereocenters. The normalized spacial score (nSPS) is 22.8. The first-order chi connectivity index (χ1) is 15.0. The molecule has 4 amide bonds. The Kier molecular flexibility index (Phi) is 4.80. The molecular formula is C25H27N3O3. The van der Waals surface area contributed by atoms with E-state index in [9.17, 15) is 14.4 Å². The zero-order valence-electron chi connectivity index (χ0n) is 17.7. The van der Waals surface area contributed by atoms with Gasteiger partial charge in [0.25, 0.3) is 5.91 Å². The van der Waals surface area contributed by atoms with Gasteiger partial charge in [-0.25, -0.2) is 4.79 Å². The van der Waals surface area contributed by atoms with Crippen molar-refractivity contribution in [2.45, 2.75) is 57.0 Å². The Balaban J connectivity index is 1.28. The average Bonchev–Trinajstić information content (AvgIpc) is 3.26. The van der Waals surface area contributed by atoms with E-state index in [0.29, 0.717) is 6.42 Å². The fraction of sp³-hybridized carbons (Fsp3) is 0.400. The molecular weight excluding hydrogens is 390 g/mol. The smallest absolute Gasteiger partial charge is 0.325 e.